The average molecular weight is 292 g/mol. The fourth-order valence-electron chi connectivity index (χ4n) is 2.05. The van der Waals surface area contributed by atoms with E-state index < -0.39 is 12.0 Å². The number of nitrogens with two attached hydrogens (primary N) is 1. The van der Waals surface area contributed by atoms with Crippen LogP contribution in [0.1, 0.15) is 32.3 Å². The molecule has 1 aromatic rings. The Bertz CT molecular complexity index is 488. The van der Waals surface area contributed by atoms with Crippen LogP contribution in [0.3, 0.4) is 0 Å². The minimum absolute atomic E-state index is 0.0359. The summed E-state index contributed by atoms with van der Waals surface area (Å²) >= 11 is 0. The molecule has 21 heavy (non-hydrogen) atoms. The van der Waals surface area contributed by atoms with Gasteiger partial charge in [-0.05, 0) is 30.0 Å². The highest BCUT2D eigenvalue weighted by molar-refractivity contribution is 5.84. The predicted octanol–water partition coefficient (Wildman–Crippen LogP) is 1.91. The van der Waals surface area contributed by atoms with E-state index in [1.165, 1.54) is 7.11 Å². The van der Waals surface area contributed by atoms with Crippen molar-refractivity contribution in [1.82, 2.24) is 5.32 Å². The quantitative estimate of drug-likeness (QED) is 0.594. The van der Waals surface area contributed by atoms with E-state index in [2.05, 4.69) is 5.32 Å². The molecule has 2 atom stereocenters. The average Bonchev–Trinajstić information content (AvgIpc) is 2.49. The molecule has 2 unspecified atom stereocenters. The molecular weight excluding hydrogens is 268 g/mol. The lowest BCUT2D eigenvalue weighted by atomic mass is 9.99. The van der Waals surface area contributed by atoms with Crippen molar-refractivity contribution in [1.29, 1.82) is 0 Å². The van der Waals surface area contributed by atoms with E-state index in [4.69, 9.17) is 10.5 Å². The maximum atomic E-state index is 12.0. The van der Waals surface area contributed by atoms with Gasteiger partial charge >= 0.3 is 5.97 Å². The fourth-order valence-corrected chi connectivity index (χ4v) is 2.05. The van der Waals surface area contributed by atoms with Crippen molar-refractivity contribution in [3.8, 4) is 0 Å². The van der Waals surface area contributed by atoms with Crippen molar-refractivity contribution in [3.63, 3.8) is 0 Å². The number of nitrogens with one attached hydrogen (secondary N) is 1. The Morgan fingerprint density at radius 1 is 1.38 bits per heavy atom. The molecule has 0 saturated carbocycles. The van der Waals surface area contributed by atoms with E-state index in [0.29, 0.717) is 18.5 Å². The van der Waals surface area contributed by atoms with Crippen LogP contribution in [0.5, 0.6) is 0 Å². The minimum atomic E-state index is -0.589. The van der Waals surface area contributed by atoms with Crippen LogP contribution in [0.2, 0.25) is 0 Å². The molecule has 116 valence electrons. The third-order valence-corrected chi connectivity index (χ3v) is 3.58. The first kappa shape index (κ1) is 17.0. The van der Waals surface area contributed by atoms with Crippen LogP contribution in [0.25, 0.3) is 0 Å². The normalized spacial score (nSPS) is 13.3. The number of rotatable bonds is 7. The Morgan fingerprint density at radius 3 is 2.67 bits per heavy atom. The number of carbonyl (C=O) groups is 2. The summed E-state index contributed by atoms with van der Waals surface area (Å²) in [5.41, 5.74) is 7.38. The molecular formula is C16H24N2O3. The molecule has 0 bridgehead atoms. The molecule has 0 spiro atoms. The number of methoxy groups -OCH3 is 1. The van der Waals surface area contributed by atoms with Crippen molar-refractivity contribution in [2.75, 3.05) is 12.8 Å². The Hall–Kier alpha value is -2.04. The summed E-state index contributed by atoms with van der Waals surface area (Å²) in [4.78, 5) is 23.7. The van der Waals surface area contributed by atoms with Crippen molar-refractivity contribution >= 4 is 17.6 Å². The molecule has 1 amide bonds. The molecule has 0 fully saturated rings. The molecule has 1 aromatic carbocycles. The van der Waals surface area contributed by atoms with E-state index in [0.717, 1.165) is 12.0 Å². The molecule has 0 saturated heterocycles. The number of hydrogen-bond acceptors (Lipinski definition) is 4. The highest BCUT2D eigenvalue weighted by Gasteiger charge is 2.26. The van der Waals surface area contributed by atoms with Gasteiger partial charge in [0.25, 0.3) is 0 Å². The topological polar surface area (TPSA) is 81.4 Å². The zero-order valence-corrected chi connectivity index (χ0v) is 12.9. The number of anilines is 1. The van der Waals surface area contributed by atoms with E-state index in [-0.39, 0.29) is 11.8 Å². The Labute approximate surface area is 125 Å². The highest BCUT2D eigenvalue weighted by atomic mass is 16.5. The Kier molecular flexibility index (Phi) is 6.72. The highest BCUT2D eigenvalue weighted by Crippen LogP contribution is 2.11. The number of nitrogen functional groups attached to an aromatic ring is 1. The number of carbonyl (C=O) groups excluding carboxylic acids is 2. The van der Waals surface area contributed by atoms with Crippen LogP contribution in [0, 0.1) is 5.92 Å². The van der Waals surface area contributed by atoms with Gasteiger partial charge in [-0.25, -0.2) is 4.79 Å². The third kappa shape index (κ3) is 5.45. The van der Waals surface area contributed by atoms with Crippen LogP contribution in [-0.2, 0) is 20.7 Å². The van der Waals surface area contributed by atoms with Crippen molar-refractivity contribution < 1.29 is 14.3 Å². The number of aryl methyl sites for hydroxylation is 1. The molecule has 0 aliphatic rings. The predicted molar refractivity (Wildman–Crippen MR) is 82.6 cm³/mol. The Morgan fingerprint density at radius 2 is 2.10 bits per heavy atom. The standard InChI is InChI=1S/C16H24N2O3/c1-4-11(2)15(16(20)21-3)18-14(19)9-8-12-6-5-7-13(17)10-12/h5-7,10-11,15H,4,8-9,17H2,1-3H3,(H,18,19). The first-order valence-electron chi connectivity index (χ1n) is 7.19. The van der Waals surface area contributed by atoms with Crippen molar-refractivity contribution in [2.24, 2.45) is 5.92 Å². The smallest absolute Gasteiger partial charge is 0.328 e. The minimum Gasteiger partial charge on any atom is -0.467 e. The largest absolute Gasteiger partial charge is 0.467 e. The maximum Gasteiger partial charge on any atom is 0.328 e. The van der Waals surface area contributed by atoms with Crippen LogP contribution < -0.4 is 11.1 Å². The number of esters is 1. The number of amides is 1. The summed E-state index contributed by atoms with van der Waals surface area (Å²) in [5.74, 6) is -0.524. The lowest BCUT2D eigenvalue weighted by Crippen LogP contribution is -2.45. The molecule has 0 heterocycles. The monoisotopic (exact) mass is 292 g/mol. The van der Waals surface area contributed by atoms with Crippen molar-refractivity contribution in [3.05, 3.63) is 29.8 Å². The Balaban J connectivity index is 2.56. The van der Waals surface area contributed by atoms with Crippen LogP contribution in [-0.4, -0.2) is 25.0 Å². The molecule has 5 nitrogen and oxygen atoms in total. The number of ether oxygens (including phenoxy) is 1. The maximum absolute atomic E-state index is 12.0. The zero-order chi connectivity index (χ0) is 15.8. The number of benzene rings is 1. The van der Waals surface area contributed by atoms with Crippen LogP contribution in [0.4, 0.5) is 5.69 Å². The summed E-state index contributed by atoms with van der Waals surface area (Å²) in [5, 5.41) is 2.76. The summed E-state index contributed by atoms with van der Waals surface area (Å²) in [7, 11) is 1.33. The van der Waals surface area contributed by atoms with Gasteiger partial charge in [0, 0.05) is 12.1 Å². The molecule has 0 aliphatic heterocycles. The lowest BCUT2D eigenvalue weighted by molar-refractivity contribution is -0.146. The number of hydrogen-bond donors (Lipinski definition) is 2. The SMILES string of the molecule is CCC(C)C(NC(=O)CCc1cccc(N)c1)C(=O)OC. The molecule has 0 aromatic heterocycles. The first-order valence-corrected chi connectivity index (χ1v) is 7.19. The van der Waals surface area contributed by atoms with E-state index >= 15 is 0 Å². The van der Waals surface area contributed by atoms with Gasteiger partial charge in [0.1, 0.15) is 6.04 Å². The fraction of sp³-hybridized carbons (Fsp3) is 0.500. The van der Waals surface area contributed by atoms with Gasteiger partial charge in [0.05, 0.1) is 7.11 Å². The van der Waals surface area contributed by atoms with Crippen molar-refractivity contribution in [2.45, 2.75) is 39.2 Å². The van der Waals surface area contributed by atoms with Gasteiger partial charge in [-0.2, -0.15) is 0 Å². The van der Waals surface area contributed by atoms with E-state index in [1.54, 1.807) is 6.07 Å². The van der Waals surface area contributed by atoms with Gasteiger partial charge in [-0.1, -0.05) is 32.4 Å². The van der Waals surface area contributed by atoms with Gasteiger partial charge in [-0.3, -0.25) is 4.79 Å². The molecule has 0 aliphatic carbocycles. The van der Waals surface area contributed by atoms with Crippen LogP contribution in [0.15, 0.2) is 24.3 Å². The first-order chi connectivity index (χ1) is 9.97. The molecule has 5 heteroatoms. The summed E-state index contributed by atoms with van der Waals surface area (Å²) < 4.78 is 4.74. The summed E-state index contributed by atoms with van der Waals surface area (Å²) in [6, 6.07) is 6.85. The lowest BCUT2D eigenvalue weighted by Gasteiger charge is -2.21. The van der Waals surface area contributed by atoms with Gasteiger partial charge in [-0.15, -0.1) is 0 Å². The second-order valence-electron chi connectivity index (χ2n) is 5.20. The second kappa shape index (κ2) is 8.29. The van der Waals surface area contributed by atoms with Crippen LogP contribution >= 0.6 is 0 Å². The zero-order valence-electron chi connectivity index (χ0n) is 12.9. The molecule has 1 rings (SSSR count). The van der Waals surface area contributed by atoms with Gasteiger partial charge in [0.2, 0.25) is 5.91 Å². The molecule has 3 N–H and O–H groups in total. The third-order valence-electron chi connectivity index (χ3n) is 3.58. The van der Waals surface area contributed by atoms with Gasteiger partial charge in [0.15, 0.2) is 0 Å². The van der Waals surface area contributed by atoms with Gasteiger partial charge < -0.3 is 15.8 Å². The molecule has 0 radical (unpaired) electrons. The summed E-state index contributed by atoms with van der Waals surface area (Å²) in [6.45, 7) is 3.89. The van der Waals surface area contributed by atoms with E-state index in [9.17, 15) is 9.59 Å². The second-order valence-corrected chi connectivity index (χ2v) is 5.20. The van der Waals surface area contributed by atoms with E-state index in [1.807, 2.05) is 32.0 Å². The summed E-state index contributed by atoms with van der Waals surface area (Å²) in [6.07, 6.45) is 1.69.